The predicted octanol–water partition coefficient (Wildman–Crippen LogP) is 4.46. The molecule has 5 nitrogen and oxygen atoms in total. The summed E-state index contributed by atoms with van der Waals surface area (Å²) in [6, 6.07) is 24.6. The molecule has 2 amide bonds. The van der Waals surface area contributed by atoms with Gasteiger partial charge in [-0.2, -0.15) is 0 Å². The fourth-order valence-electron chi connectivity index (χ4n) is 2.80. The van der Waals surface area contributed by atoms with E-state index in [0.717, 1.165) is 21.3 Å². The average molecular weight is 467 g/mol. The molecule has 0 aliphatic heterocycles. The second kappa shape index (κ2) is 11.2. The maximum absolute atomic E-state index is 12.2. The summed E-state index contributed by atoms with van der Waals surface area (Å²) >= 11 is 3.34. The molecule has 0 saturated carbocycles. The number of para-hydroxylation sites is 1. The first kappa shape index (κ1) is 21.6. The van der Waals surface area contributed by atoms with E-state index in [-0.39, 0.29) is 24.8 Å². The number of carbonyl (C=O) groups excluding carboxylic acids is 2. The fourth-order valence-corrected chi connectivity index (χ4v) is 3.07. The molecule has 0 fully saturated rings. The highest BCUT2D eigenvalue weighted by atomic mass is 79.9. The summed E-state index contributed by atoms with van der Waals surface area (Å²) in [7, 11) is 0. The predicted molar refractivity (Wildman–Crippen MR) is 120 cm³/mol. The number of benzene rings is 3. The number of amides is 2. The third-order valence-electron chi connectivity index (χ3n) is 4.43. The van der Waals surface area contributed by atoms with Gasteiger partial charge in [0.25, 0.3) is 5.91 Å². The number of nitrogens with one attached hydrogen (secondary N) is 2. The zero-order valence-electron chi connectivity index (χ0n) is 16.4. The van der Waals surface area contributed by atoms with Crippen LogP contribution in [0.25, 0.3) is 0 Å². The molecule has 0 saturated heterocycles. The van der Waals surface area contributed by atoms with E-state index in [1.165, 1.54) is 0 Å². The number of rotatable bonds is 9. The highest BCUT2D eigenvalue weighted by Crippen LogP contribution is 2.19. The lowest BCUT2D eigenvalue weighted by atomic mass is 10.2. The van der Waals surface area contributed by atoms with E-state index < -0.39 is 0 Å². The lowest BCUT2D eigenvalue weighted by Crippen LogP contribution is -2.30. The normalized spacial score (nSPS) is 10.3. The van der Waals surface area contributed by atoms with E-state index >= 15 is 0 Å². The minimum absolute atomic E-state index is 0.135. The van der Waals surface area contributed by atoms with Crippen LogP contribution in [0.4, 0.5) is 0 Å². The highest BCUT2D eigenvalue weighted by molar-refractivity contribution is 9.10. The van der Waals surface area contributed by atoms with Crippen molar-refractivity contribution < 1.29 is 14.3 Å². The molecule has 0 atom stereocenters. The van der Waals surface area contributed by atoms with Gasteiger partial charge in [0.05, 0.1) is 0 Å². The van der Waals surface area contributed by atoms with Gasteiger partial charge in [-0.05, 0) is 35.9 Å². The number of hydrogen-bond donors (Lipinski definition) is 2. The topological polar surface area (TPSA) is 67.4 Å². The fraction of sp³-hybridized carbons (Fsp3) is 0.167. The van der Waals surface area contributed by atoms with Crippen LogP contribution >= 0.6 is 15.9 Å². The average Bonchev–Trinajstić information content (AvgIpc) is 2.78. The monoisotopic (exact) mass is 466 g/mol. The molecule has 30 heavy (non-hydrogen) atoms. The lowest BCUT2D eigenvalue weighted by Gasteiger charge is -2.12. The van der Waals surface area contributed by atoms with Crippen LogP contribution in [-0.4, -0.2) is 18.4 Å². The number of halogens is 1. The Morgan fingerprint density at radius 3 is 2.30 bits per heavy atom. The minimum Gasteiger partial charge on any atom is -0.489 e. The Labute approximate surface area is 184 Å². The summed E-state index contributed by atoms with van der Waals surface area (Å²) in [5.41, 5.74) is 2.54. The first-order valence-electron chi connectivity index (χ1n) is 9.67. The van der Waals surface area contributed by atoms with Gasteiger partial charge >= 0.3 is 0 Å². The quantitative estimate of drug-likeness (QED) is 0.488. The SMILES string of the molecule is O=C(CCNC(=O)c1ccc(Br)cc1)NCc1ccccc1OCc1ccccc1. The summed E-state index contributed by atoms with van der Waals surface area (Å²) in [6.45, 7) is 1.10. The molecule has 6 heteroatoms. The van der Waals surface area contributed by atoms with Crippen LogP contribution in [0.1, 0.15) is 27.9 Å². The van der Waals surface area contributed by atoms with Crippen molar-refractivity contribution in [3.63, 3.8) is 0 Å². The van der Waals surface area contributed by atoms with Crippen LogP contribution in [0.15, 0.2) is 83.3 Å². The molecular formula is C24H23BrN2O3. The molecule has 0 spiro atoms. The summed E-state index contributed by atoms with van der Waals surface area (Å²) < 4.78 is 6.82. The highest BCUT2D eigenvalue weighted by Gasteiger charge is 2.08. The minimum atomic E-state index is -0.199. The van der Waals surface area contributed by atoms with Gasteiger partial charge in [-0.15, -0.1) is 0 Å². The smallest absolute Gasteiger partial charge is 0.251 e. The van der Waals surface area contributed by atoms with Crippen molar-refractivity contribution in [1.82, 2.24) is 10.6 Å². The van der Waals surface area contributed by atoms with Crippen molar-refractivity contribution >= 4 is 27.7 Å². The van der Waals surface area contributed by atoms with Crippen molar-refractivity contribution in [3.05, 3.63) is 100 Å². The molecular weight excluding hydrogens is 444 g/mol. The Balaban J connectivity index is 1.43. The number of ether oxygens (including phenoxy) is 1. The van der Waals surface area contributed by atoms with Crippen molar-refractivity contribution in [3.8, 4) is 5.75 Å². The van der Waals surface area contributed by atoms with Crippen LogP contribution in [0.5, 0.6) is 5.75 Å². The molecule has 0 aliphatic carbocycles. The molecule has 3 rings (SSSR count). The van der Waals surface area contributed by atoms with E-state index in [1.807, 2.05) is 54.6 Å². The molecule has 3 aromatic rings. The Bertz CT molecular complexity index is 975. The van der Waals surface area contributed by atoms with Gasteiger partial charge in [-0.3, -0.25) is 9.59 Å². The van der Waals surface area contributed by atoms with E-state index in [4.69, 9.17) is 4.74 Å². The van der Waals surface area contributed by atoms with Crippen molar-refractivity contribution in [2.45, 2.75) is 19.6 Å². The zero-order valence-corrected chi connectivity index (χ0v) is 18.0. The van der Waals surface area contributed by atoms with Crippen LogP contribution < -0.4 is 15.4 Å². The molecule has 0 radical (unpaired) electrons. The van der Waals surface area contributed by atoms with E-state index in [0.29, 0.717) is 18.7 Å². The first-order chi connectivity index (χ1) is 14.6. The molecule has 0 aliphatic rings. The van der Waals surface area contributed by atoms with Gasteiger partial charge in [0.2, 0.25) is 5.91 Å². The summed E-state index contributed by atoms with van der Waals surface area (Å²) in [5, 5.41) is 5.64. The van der Waals surface area contributed by atoms with Gasteiger partial charge in [0, 0.05) is 35.1 Å². The van der Waals surface area contributed by atoms with Crippen LogP contribution in [0, 0.1) is 0 Å². The number of carbonyl (C=O) groups is 2. The Morgan fingerprint density at radius 2 is 1.53 bits per heavy atom. The third kappa shape index (κ3) is 6.74. The maximum Gasteiger partial charge on any atom is 0.251 e. The van der Waals surface area contributed by atoms with Crippen LogP contribution in [0.3, 0.4) is 0 Å². The van der Waals surface area contributed by atoms with Crippen LogP contribution in [-0.2, 0) is 17.9 Å². The molecule has 3 aromatic carbocycles. The van der Waals surface area contributed by atoms with Gasteiger partial charge in [0.15, 0.2) is 0 Å². The Hall–Kier alpha value is -3.12. The molecule has 154 valence electrons. The lowest BCUT2D eigenvalue weighted by molar-refractivity contribution is -0.121. The van der Waals surface area contributed by atoms with Crippen LogP contribution in [0.2, 0.25) is 0 Å². The van der Waals surface area contributed by atoms with Crippen molar-refractivity contribution in [2.75, 3.05) is 6.54 Å². The van der Waals surface area contributed by atoms with Gasteiger partial charge in [-0.1, -0.05) is 64.5 Å². The van der Waals surface area contributed by atoms with Gasteiger partial charge in [-0.25, -0.2) is 0 Å². The van der Waals surface area contributed by atoms with Crippen molar-refractivity contribution in [1.29, 1.82) is 0 Å². The summed E-state index contributed by atoms with van der Waals surface area (Å²) in [4.78, 5) is 24.2. The zero-order chi connectivity index (χ0) is 21.2. The second-order valence-corrected chi connectivity index (χ2v) is 7.59. The third-order valence-corrected chi connectivity index (χ3v) is 4.96. The van der Waals surface area contributed by atoms with E-state index in [2.05, 4.69) is 26.6 Å². The first-order valence-corrected chi connectivity index (χ1v) is 10.5. The molecule has 0 bridgehead atoms. The Kier molecular flexibility index (Phi) is 8.03. The summed E-state index contributed by atoms with van der Waals surface area (Å²) in [5.74, 6) is 0.407. The summed E-state index contributed by atoms with van der Waals surface area (Å²) in [6.07, 6.45) is 0.204. The Morgan fingerprint density at radius 1 is 0.833 bits per heavy atom. The largest absolute Gasteiger partial charge is 0.489 e. The number of hydrogen-bond acceptors (Lipinski definition) is 3. The van der Waals surface area contributed by atoms with Gasteiger partial charge < -0.3 is 15.4 Å². The second-order valence-electron chi connectivity index (χ2n) is 6.67. The van der Waals surface area contributed by atoms with E-state index in [9.17, 15) is 9.59 Å². The molecule has 0 heterocycles. The molecule has 2 N–H and O–H groups in total. The standard InChI is InChI=1S/C24H23BrN2O3/c25-21-12-10-19(11-13-21)24(29)26-15-14-23(28)27-16-20-8-4-5-9-22(20)30-17-18-6-2-1-3-7-18/h1-13H,14-17H2,(H,26,29)(H,27,28). The van der Waals surface area contributed by atoms with Crippen molar-refractivity contribution in [2.24, 2.45) is 0 Å². The van der Waals surface area contributed by atoms with Gasteiger partial charge in [0.1, 0.15) is 12.4 Å². The molecule has 0 unspecified atom stereocenters. The maximum atomic E-state index is 12.2. The molecule has 0 aromatic heterocycles. The van der Waals surface area contributed by atoms with E-state index in [1.54, 1.807) is 24.3 Å².